The number of nitriles is 1. The molecule has 0 aliphatic carbocycles. The largest absolute Gasteiger partial charge is 1.00 e. The van der Waals surface area contributed by atoms with Crippen molar-refractivity contribution in [2.75, 3.05) is 0 Å². The zero-order chi connectivity index (χ0) is 9.68. The third-order valence-electron chi connectivity index (χ3n) is 1.65. The van der Waals surface area contributed by atoms with Crippen LogP contribution < -0.4 is 29.6 Å². The van der Waals surface area contributed by atoms with Gasteiger partial charge in [0.2, 0.25) is 6.19 Å². The van der Waals surface area contributed by atoms with Gasteiger partial charge in [0.05, 0.1) is 0 Å². The molecule has 0 atom stereocenters. The van der Waals surface area contributed by atoms with Crippen LogP contribution in [0.15, 0.2) is 29.3 Å². The second-order valence-electron chi connectivity index (χ2n) is 2.77. The van der Waals surface area contributed by atoms with Crippen molar-refractivity contribution in [3.63, 3.8) is 0 Å². The van der Waals surface area contributed by atoms with Crippen molar-refractivity contribution in [1.82, 2.24) is 0 Å². The molecule has 0 N–H and O–H groups in total. The Hall–Kier alpha value is -0.400. The van der Waals surface area contributed by atoms with Crippen LogP contribution in [0, 0.1) is 18.4 Å². The molecule has 1 aromatic rings. The Morgan fingerprint density at radius 2 is 2.00 bits per heavy atom. The van der Waals surface area contributed by atoms with Crippen molar-refractivity contribution in [3.05, 3.63) is 35.4 Å². The van der Waals surface area contributed by atoms with Gasteiger partial charge in [-0.15, -0.1) is 0 Å². The van der Waals surface area contributed by atoms with E-state index in [0.717, 1.165) is 5.56 Å². The summed E-state index contributed by atoms with van der Waals surface area (Å²) in [5, 5.41) is 8.69. The number of hydrogen-bond donors (Lipinski definition) is 0. The predicted octanol–water partition coefficient (Wildman–Crippen LogP) is -1.03. The number of rotatable bonds is 2. The topological polar surface area (TPSA) is 36.1 Å². The van der Waals surface area contributed by atoms with Crippen LogP contribution in [0.2, 0.25) is 0 Å². The summed E-state index contributed by atoms with van der Waals surface area (Å²) in [5.41, 5.74) is 2.31. The molecule has 1 rings (SSSR count). The summed E-state index contributed by atoms with van der Waals surface area (Å²) < 4.78 is 0. The van der Waals surface area contributed by atoms with E-state index in [1.165, 1.54) is 5.56 Å². The molecule has 0 saturated heterocycles. The molecule has 0 fully saturated rings. The summed E-state index contributed by atoms with van der Waals surface area (Å²) in [6, 6.07) is 8.03. The first kappa shape index (κ1) is 13.6. The van der Waals surface area contributed by atoms with Crippen molar-refractivity contribution in [2.24, 2.45) is 4.99 Å². The minimum Gasteiger partial charge on any atom is -0.763 e. The van der Waals surface area contributed by atoms with E-state index in [-0.39, 0.29) is 29.6 Å². The van der Waals surface area contributed by atoms with Gasteiger partial charge in [-0.05, 0) is 18.9 Å². The van der Waals surface area contributed by atoms with E-state index >= 15 is 0 Å². The SMILES string of the molecule is Cc1ccc(CC([S-])=NC#N)cc1.[Na+]. The molecule has 4 heteroatoms. The van der Waals surface area contributed by atoms with Crippen molar-refractivity contribution < 1.29 is 29.6 Å². The number of aryl methyl sites for hydroxylation is 1. The van der Waals surface area contributed by atoms with E-state index in [9.17, 15) is 0 Å². The average molecular weight is 212 g/mol. The molecule has 0 aromatic heterocycles. The second kappa shape index (κ2) is 6.97. The third-order valence-corrected chi connectivity index (χ3v) is 1.89. The van der Waals surface area contributed by atoms with Gasteiger partial charge in [-0.2, -0.15) is 5.26 Å². The van der Waals surface area contributed by atoms with Gasteiger partial charge in [0.25, 0.3) is 0 Å². The Bertz CT molecular complexity index is 351. The zero-order valence-corrected chi connectivity index (χ0v) is 11.1. The average Bonchev–Trinajstić information content (AvgIpc) is 2.09. The number of hydrogen-bond acceptors (Lipinski definition) is 3. The first-order valence-electron chi connectivity index (χ1n) is 3.90. The molecule has 0 amide bonds. The van der Waals surface area contributed by atoms with E-state index in [1.54, 1.807) is 6.19 Å². The molecular weight excluding hydrogens is 203 g/mol. The number of nitrogens with zero attached hydrogens (tertiary/aromatic N) is 2. The maximum absolute atomic E-state index is 8.25. The normalized spacial score (nSPS) is 10.1. The zero-order valence-electron chi connectivity index (χ0n) is 8.32. The Kier molecular flexibility index (Phi) is 6.77. The van der Waals surface area contributed by atoms with Crippen molar-refractivity contribution in [2.45, 2.75) is 13.3 Å². The fourth-order valence-corrected chi connectivity index (χ4v) is 1.18. The van der Waals surface area contributed by atoms with Gasteiger partial charge < -0.3 is 12.6 Å². The van der Waals surface area contributed by atoms with Crippen molar-refractivity contribution in [3.8, 4) is 6.19 Å². The number of benzene rings is 1. The fraction of sp³-hybridized carbons (Fsp3) is 0.200. The molecule has 0 saturated carbocycles. The van der Waals surface area contributed by atoms with E-state index in [2.05, 4.69) is 4.99 Å². The molecule has 0 aliphatic rings. The van der Waals surface area contributed by atoms with Crippen LogP contribution in [0.25, 0.3) is 0 Å². The van der Waals surface area contributed by atoms with Crippen molar-refractivity contribution >= 4 is 17.7 Å². The summed E-state index contributed by atoms with van der Waals surface area (Å²) in [6.45, 7) is 2.03. The van der Waals surface area contributed by atoms with Gasteiger partial charge in [0.15, 0.2) is 0 Å². The maximum atomic E-state index is 8.25. The Labute approximate surface area is 112 Å². The molecule has 0 spiro atoms. The molecule has 0 bridgehead atoms. The summed E-state index contributed by atoms with van der Waals surface area (Å²) in [5.74, 6) is 0. The Balaban J connectivity index is 0.00000169. The number of aliphatic imine (C=N–C) groups is 1. The van der Waals surface area contributed by atoms with Crippen LogP contribution in [0.4, 0.5) is 0 Å². The van der Waals surface area contributed by atoms with E-state index in [4.69, 9.17) is 17.9 Å². The molecule has 0 radical (unpaired) electrons. The van der Waals surface area contributed by atoms with Crippen LogP contribution in [-0.2, 0) is 19.0 Å². The summed E-state index contributed by atoms with van der Waals surface area (Å²) >= 11 is 4.88. The molecule has 66 valence electrons. The maximum Gasteiger partial charge on any atom is 1.00 e. The molecule has 0 heterocycles. The minimum absolute atomic E-state index is 0. The third kappa shape index (κ3) is 4.73. The van der Waals surface area contributed by atoms with Crippen LogP contribution in [0.3, 0.4) is 0 Å². The molecule has 2 nitrogen and oxygen atoms in total. The van der Waals surface area contributed by atoms with Gasteiger partial charge in [-0.3, -0.25) is 0 Å². The Morgan fingerprint density at radius 3 is 2.50 bits per heavy atom. The smallest absolute Gasteiger partial charge is 0.763 e. The second-order valence-corrected chi connectivity index (χ2v) is 3.24. The Morgan fingerprint density at radius 1 is 1.43 bits per heavy atom. The predicted molar refractivity (Wildman–Crippen MR) is 55.3 cm³/mol. The molecule has 14 heavy (non-hydrogen) atoms. The van der Waals surface area contributed by atoms with Gasteiger partial charge in [-0.1, -0.05) is 34.9 Å². The minimum atomic E-state index is 0. The summed E-state index contributed by atoms with van der Waals surface area (Å²) in [4.78, 5) is 3.48. The van der Waals surface area contributed by atoms with Crippen LogP contribution >= 0.6 is 0 Å². The van der Waals surface area contributed by atoms with Crippen LogP contribution in [0.5, 0.6) is 0 Å². The van der Waals surface area contributed by atoms with Gasteiger partial charge in [-0.25, -0.2) is 4.99 Å². The van der Waals surface area contributed by atoms with Gasteiger partial charge >= 0.3 is 29.6 Å². The first-order chi connectivity index (χ1) is 6.22. The molecule has 0 aliphatic heterocycles. The van der Waals surface area contributed by atoms with Crippen LogP contribution in [0.1, 0.15) is 11.1 Å². The van der Waals surface area contributed by atoms with E-state index in [0.29, 0.717) is 11.5 Å². The fourth-order valence-electron chi connectivity index (χ4n) is 0.976. The molecule has 1 aromatic carbocycles. The van der Waals surface area contributed by atoms with E-state index in [1.807, 2.05) is 31.2 Å². The van der Waals surface area contributed by atoms with Gasteiger partial charge in [0, 0.05) is 0 Å². The quantitative estimate of drug-likeness (QED) is 0.207. The standard InChI is InChI=1S/C10H10N2S.Na/c1-8-2-4-9(5-3-8)6-10(13)12-7-11;/h2-5H,6H2,1H3,(H,12,13);/q;+1/p-1. The monoisotopic (exact) mass is 212 g/mol. The van der Waals surface area contributed by atoms with Crippen LogP contribution in [-0.4, -0.2) is 5.04 Å². The summed E-state index contributed by atoms with van der Waals surface area (Å²) in [6.07, 6.45) is 2.26. The first-order valence-corrected chi connectivity index (χ1v) is 4.31. The van der Waals surface area contributed by atoms with Crippen molar-refractivity contribution in [1.29, 1.82) is 5.26 Å². The van der Waals surface area contributed by atoms with E-state index < -0.39 is 0 Å². The molecular formula is C10H9N2NaS. The van der Waals surface area contributed by atoms with Gasteiger partial charge in [0.1, 0.15) is 0 Å². The molecule has 0 unspecified atom stereocenters. The summed E-state index contributed by atoms with van der Waals surface area (Å²) in [7, 11) is 0.